The first-order valence-electron chi connectivity index (χ1n) is 12.3. The van der Waals surface area contributed by atoms with Gasteiger partial charge in [0.25, 0.3) is 0 Å². The number of hydrogen-bond acceptors (Lipinski definition) is 11. The molecule has 1 amide bonds. The molecule has 14 nitrogen and oxygen atoms in total. The van der Waals surface area contributed by atoms with E-state index in [1.54, 1.807) is 13.8 Å². The number of nitrogens with one attached hydrogen (secondary N) is 1. The number of hydrogen-bond donors (Lipinski definition) is 5. The Hall–Kier alpha value is -2.19. The highest BCUT2D eigenvalue weighted by Crippen LogP contribution is 2.59. The first-order chi connectivity index (χ1) is 17.5. The summed E-state index contributed by atoms with van der Waals surface area (Å²) in [6.07, 6.45) is -4.29. The molecule has 1 aliphatic heterocycles. The molecule has 1 saturated heterocycles. The smallest absolute Gasteiger partial charge is 0.359 e. The fourth-order valence-corrected chi connectivity index (χ4v) is 5.47. The number of carbonyl (C=O) groups excluding carboxylic acids is 2. The van der Waals surface area contributed by atoms with E-state index in [9.17, 15) is 39.2 Å². The minimum atomic E-state index is -4.55. The first-order valence-corrected chi connectivity index (χ1v) is 13.9. The van der Waals surface area contributed by atoms with Crippen LogP contribution in [0.1, 0.15) is 79.0 Å². The molecule has 0 bridgehead atoms. The molecule has 38 heavy (non-hydrogen) atoms. The number of aromatic nitrogens is 2. The van der Waals surface area contributed by atoms with Gasteiger partial charge in [0.2, 0.25) is 5.91 Å². The van der Waals surface area contributed by atoms with Crippen LogP contribution in [-0.2, 0) is 34.8 Å². The molecule has 6 atom stereocenters. The van der Waals surface area contributed by atoms with Gasteiger partial charge in [-0.3, -0.25) is 23.2 Å². The van der Waals surface area contributed by atoms with Crippen LogP contribution >= 0.6 is 7.60 Å². The lowest BCUT2D eigenvalue weighted by Gasteiger charge is -2.39. The molecule has 1 aromatic rings. The minimum Gasteiger partial charge on any atom is -0.461 e. The van der Waals surface area contributed by atoms with Gasteiger partial charge in [0.15, 0.2) is 11.6 Å². The Kier molecular flexibility index (Phi) is 10.4. The van der Waals surface area contributed by atoms with Crippen molar-refractivity contribution in [2.75, 3.05) is 5.32 Å². The molecule has 15 heteroatoms. The number of aliphatic hydroxyl groups excluding tert-OH is 2. The maximum absolute atomic E-state index is 12.9. The van der Waals surface area contributed by atoms with E-state index in [1.165, 1.54) is 33.9 Å². The summed E-state index contributed by atoms with van der Waals surface area (Å²) in [7, 11) is -4.55. The highest BCUT2D eigenvalue weighted by atomic mass is 31.2. The highest BCUT2D eigenvalue weighted by molar-refractivity contribution is 7.54. The van der Waals surface area contributed by atoms with E-state index in [1.807, 2.05) is 0 Å². The molecule has 0 aliphatic carbocycles. The minimum absolute atomic E-state index is 0.0479. The van der Waals surface area contributed by atoms with Gasteiger partial charge < -0.3 is 35.0 Å². The van der Waals surface area contributed by atoms with Gasteiger partial charge in [-0.2, -0.15) is 4.98 Å². The molecule has 5 N–H and O–H groups in total. The Labute approximate surface area is 220 Å². The molecular weight excluding hydrogens is 525 g/mol. The van der Waals surface area contributed by atoms with E-state index in [-0.39, 0.29) is 43.7 Å². The Morgan fingerprint density at radius 1 is 1.18 bits per heavy atom. The molecule has 2 heterocycles. The van der Waals surface area contributed by atoms with Gasteiger partial charge in [-0.05, 0) is 26.2 Å². The number of rotatable bonds is 12. The van der Waals surface area contributed by atoms with Crippen LogP contribution in [0.3, 0.4) is 0 Å². The Bertz CT molecular complexity index is 1120. The van der Waals surface area contributed by atoms with Crippen LogP contribution in [0, 0.1) is 0 Å². The van der Waals surface area contributed by atoms with Crippen molar-refractivity contribution < 1.29 is 48.4 Å². The van der Waals surface area contributed by atoms with Crippen LogP contribution in [0.5, 0.6) is 0 Å². The summed E-state index contributed by atoms with van der Waals surface area (Å²) in [4.78, 5) is 49.9. The average Bonchev–Trinajstić information content (AvgIpc) is 3.10. The lowest BCUT2D eigenvalue weighted by Crippen LogP contribution is -2.41. The molecule has 2 rings (SSSR count). The van der Waals surface area contributed by atoms with Crippen molar-refractivity contribution in [3.63, 3.8) is 0 Å². The fourth-order valence-electron chi connectivity index (χ4n) is 4.01. The highest BCUT2D eigenvalue weighted by Gasteiger charge is 2.51. The monoisotopic (exact) mass is 563 g/mol. The molecule has 1 aromatic heterocycles. The predicted molar refractivity (Wildman–Crippen MR) is 134 cm³/mol. The lowest BCUT2D eigenvalue weighted by atomic mass is 9.88. The summed E-state index contributed by atoms with van der Waals surface area (Å²) in [6, 6.07) is 0. The van der Waals surface area contributed by atoms with Crippen molar-refractivity contribution in [3.8, 4) is 0 Å². The van der Waals surface area contributed by atoms with Crippen molar-refractivity contribution in [3.05, 3.63) is 22.2 Å². The normalized spacial score (nSPS) is 24.9. The zero-order chi connectivity index (χ0) is 29.1. The fraction of sp³-hybridized carbons (Fsp3) is 0.739. The number of carbonyl (C=O) groups is 2. The van der Waals surface area contributed by atoms with E-state index in [0.717, 1.165) is 4.57 Å². The van der Waals surface area contributed by atoms with Gasteiger partial charge >= 0.3 is 19.3 Å². The number of ether oxygens (including phenoxy) is 2. The lowest BCUT2D eigenvalue weighted by molar-refractivity contribution is -0.142. The summed E-state index contributed by atoms with van der Waals surface area (Å²) in [5, 5.41) is 32.3. The van der Waals surface area contributed by atoms with Crippen LogP contribution in [0.4, 0.5) is 5.82 Å². The molecular formula is C23H38N3O11P. The third kappa shape index (κ3) is 7.06. The molecule has 0 spiro atoms. The third-order valence-electron chi connectivity index (χ3n) is 6.82. The quantitative estimate of drug-likeness (QED) is 0.179. The van der Waals surface area contributed by atoms with E-state index >= 15 is 0 Å². The van der Waals surface area contributed by atoms with Gasteiger partial charge in [0.1, 0.15) is 24.6 Å². The Balaban J connectivity index is 2.41. The summed E-state index contributed by atoms with van der Waals surface area (Å²) in [5.41, 5.74) is -2.11. The topological polar surface area (TPSA) is 207 Å². The number of esters is 1. The zero-order valence-corrected chi connectivity index (χ0v) is 23.3. The standard InChI is InChI=1S/C23H38N3O11P/c1-7-22(6,32)38(33,34)37-23(8-2,9-3)10-16-17(29)18(30)20(36-16)26-11-15(12-35-14(5)28)19(24-13(4)27)25-21(26)31/h11,16-18,20,29-30,32H,7-10,12H2,1-6H3,(H,33,34)(H,24,25,27,31)/t16-,17-,18-,20-,22?/m1/s1. The third-order valence-corrected chi connectivity index (χ3v) is 8.99. The number of aliphatic hydroxyl groups is 3. The zero-order valence-electron chi connectivity index (χ0n) is 22.4. The van der Waals surface area contributed by atoms with Gasteiger partial charge in [-0.15, -0.1) is 0 Å². The second-order valence-electron chi connectivity index (χ2n) is 9.59. The van der Waals surface area contributed by atoms with Crippen molar-refractivity contribution in [2.24, 2.45) is 0 Å². The summed E-state index contributed by atoms with van der Waals surface area (Å²) < 4.78 is 30.3. The second kappa shape index (κ2) is 12.3. The second-order valence-corrected chi connectivity index (χ2v) is 11.8. The molecule has 216 valence electrons. The van der Waals surface area contributed by atoms with E-state index in [2.05, 4.69) is 10.3 Å². The van der Waals surface area contributed by atoms with Crippen LogP contribution in [-0.4, -0.2) is 70.9 Å². The van der Waals surface area contributed by atoms with E-state index < -0.39 is 60.6 Å². The number of nitrogens with zero attached hydrogens (tertiary/aromatic N) is 2. The molecule has 0 aromatic carbocycles. The molecule has 0 saturated carbocycles. The summed E-state index contributed by atoms with van der Waals surface area (Å²) in [5.74, 6) is -1.29. The molecule has 2 unspecified atom stereocenters. The van der Waals surface area contributed by atoms with Gasteiger partial charge in [0, 0.05) is 32.0 Å². The average molecular weight is 564 g/mol. The maximum atomic E-state index is 12.9. The van der Waals surface area contributed by atoms with Crippen molar-refractivity contribution >= 4 is 25.3 Å². The largest absolute Gasteiger partial charge is 0.461 e. The van der Waals surface area contributed by atoms with Crippen LogP contribution < -0.4 is 11.0 Å². The van der Waals surface area contributed by atoms with Crippen LogP contribution in [0.25, 0.3) is 0 Å². The van der Waals surface area contributed by atoms with E-state index in [4.69, 9.17) is 14.0 Å². The Morgan fingerprint density at radius 3 is 2.29 bits per heavy atom. The number of amides is 1. The van der Waals surface area contributed by atoms with Crippen molar-refractivity contribution in [1.29, 1.82) is 0 Å². The predicted octanol–water partition coefficient (Wildman–Crippen LogP) is 1.15. The van der Waals surface area contributed by atoms with Crippen LogP contribution in [0.2, 0.25) is 0 Å². The van der Waals surface area contributed by atoms with Crippen molar-refractivity contribution in [2.45, 2.75) is 109 Å². The van der Waals surface area contributed by atoms with E-state index in [0.29, 0.717) is 0 Å². The van der Waals surface area contributed by atoms with Crippen molar-refractivity contribution in [1.82, 2.24) is 9.55 Å². The SMILES string of the molecule is CCC(CC)(C[C@H]1O[C@@H](n2cc(COC(C)=O)c(NC(C)=O)nc2=O)[C@H](O)[C@@H]1O)OP(=O)(O)C(C)(O)CC. The maximum Gasteiger partial charge on any atom is 0.359 e. The van der Waals surface area contributed by atoms with Gasteiger partial charge in [0.05, 0.1) is 11.7 Å². The Morgan fingerprint density at radius 2 is 1.79 bits per heavy atom. The summed E-state index contributed by atoms with van der Waals surface area (Å²) >= 11 is 0. The van der Waals surface area contributed by atoms with Gasteiger partial charge in [-0.1, -0.05) is 20.8 Å². The molecule has 1 aliphatic rings. The summed E-state index contributed by atoms with van der Waals surface area (Å²) in [6.45, 7) is 8.17. The molecule has 0 radical (unpaired) electrons. The number of anilines is 1. The molecule has 1 fully saturated rings. The van der Waals surface area contributed by atoms with Gasteiger partial charge in [-0.25, -0.2) is 4.79 Å². The first kappa shape index (κ1) is 32.0. The van der Waals surface area contributed by atoms with Crippen LogP contribution in [0.15, 0.2) is 11.0 Å².